The largest absolute Gasteiger partial charge is 0.423 e. The topological polar surface area (TPSA) is 81.8 Å². The molecule has 0 spiro atoms. The van der Waals surface area contributed by atoms with Crippen LogP contribution in [0.25, 0.3) is 6.08 Å². The quantitative estimate of drug-likeness (QED) is 0.125. The Labute approximate surface area is 173 Å². The molecular formula is C23H17ClN2O3. The Morgan fingerprint density at radius 1 is 0.897 bits per heavy atom. The van der Waals surface area contributed by atoms with Crippen molar-refractivity contribution >= 4 is 35.1 Å². The number of ether oxygens (including phenoxy) is 1. The van der Waals surface area contributed by atoms with Gasteiger partial charge in [-0.3, -0.25) is 4.79 Å². The predicted octanol–water partition coefficient (Wildman–Crippen LogP) is 4.50. The normalized spacial score (nSPS) is 11.4. The van der Waals surface area contributed by atoms with E-state index in [1.807, 2.05) is 30.3 Å². The van der Waals surface area contributed by atoms with Gasteiger partial charge in [0.1, 0.15) is 11.5 Å². The van der Waals surface area contributed by atoms with Gasteiger partial charge in [-0.05, 0) is 48.0 Å². The van der Waals surface area contributed by atoms with E-state index in [1.165, 1.54) is 6.08 Å². The lowest BCUT2D eigenvalue weighted by Crippen LogP contribution is -2.19. The van der Waals surface area contributed by atoms with Gasteiger partial charge in [0.2, 0.25) is 5.78 Å². The zero-order valence-corrected chi connectivity index (χ0v) is 16.0. The maximum atomic E-state index is 12.8. The molecule has 3 rings (SSSR count). The molecule has 0 atom stereocenters. The van der Waals surface area contributed by atoms with E-state index in [0.717, 1.165) is 5.56 Å². The number of hydrazone groups is 1. The van der Waals surface area contributed by atoms with Crippen LogP contribution in [-0.2, 0) is 4.79 Å². The molecule has 2 N–H and O–H groups in total. The van der Waals surface area contributed by atoms with Crippen LogP contribution < -0.4 is 10.6 Å². The van der Waals surface area contributed by atoms with E-state index in [0.29, 0.717) is 16.1 Å². The molecule has 0 saturated carbocycles. The molecule has 6 heteroatoms. The number of hydrogen-bond donors (Lipinski definition) is 1. The summed E-state index contributed by atoms with van der Waals surface area (Å²) in [5.74, 6) is 4.68. The molecule has 0 radical (unpaired) electrons. The lowest BCUT2D eigenvalue weighted by atomic mass is 10.00. The highest BCUT2D eigenvalue weighted by atomic mass is 35.5. The molecule has 0 saturated heterocycles. The van der Waals surface area contributed by atoms with Gasteiger partial charge in [-0.15, -0.1) is 0 Å². The number of halogens is 1. The van der Waals surface area contributed by atoms with E-state index in [-0.39, 0.29) is 11.5 Å². The molecule has 144 valence electrons. The van der Waals surface area contributed by atoms with Crippen molar-refractivity contribution in [3.05, 3.63) is 107 Å². The number of nitrogens with zero attached hydrogens (tertiary/aromatic N) is 1. The minimum absolute atomic E-state index is 0.0252. The van der Waals surface area contributed by atoms with E-state index >= 15 is 0 Å². The van der Waals surface area contributed by atoms with Crippen LogP contribution in [-0.4, -0.2) is 17.5 Å². The van der Waals surface area contributed by atoms with E-state index in [1.54, 1.807) is 54.6 Å². The fourth-order valence-corrected chi connectivity index (χ4v) is 2.74. The summed E-state index contributed by atoms with van der Waals surface area (Å²) < 4.78 is 5.42. The number of Topliss-reactive ketones (excluding diaryl/α,β-unsaturated/α-hetero) is 1. The molecular weight excluding hydrogens is 388 g/mol. The third-order valence-electron chi connectivity index (χ3n) is 4.01. The van der Waals surface area contributed by atoms with Crippen molar-refractivity contribution in [1.82, 2.24) is 0 Å². The highest BCUT2D eigenvalue weighted by Crippen LogP contribution is 2.22. The standard InChI is InChI=1S/C23H17ClN2O3/c24-18-13-11-17(12-14-18)23(28)22(26-25)19-8-4-5-9-20(19)29-21(27)15-10-16-6-2-1-3-7-16/h1-15H,25H2/b15-10+,26-22+. The van der Waals surface area contributed by atoms with Gasteiger partial charge in [0, 0.05) is 22.2 Å². The second kappa shape index (κ2) is 9.48. The maximum Gasteiger partial charge on any atom is 0.336 e. The van der Waals surface area contributed by atoms with Crippen molar-refractivity contribution in [3.8, 4) is 5.75 Å². The first-order valence-corrected chi connectivity index (χ1v) is 9.09. The Balaban J connectivity index is 1.83. The summed E-state index contributed by atoms with van der Waals surface area (Å²) in [5.41, 5.74) is 1.52. The Morgan fingerprint density at radius 3 is 2.24 bits per heavy atom. The van der Waals surface area contributed by atoms with Crippen LogP contribution >= 0.6 is 11.6 Å². The van der Waals surface area contributed by atoms with Crippen molar-refractivity contribution < 1.29 is 14.3 Å². The maximum absolute atomic E-state index is 12.8. The SMILES string of the molecule is N/N=C(/C(=O)c1ccc(Cl)cc1)c1ccccc1OC(=O)/C=C/c1ccccc1. The van der Waals surface area contributed by atoms with Crippen molar-refractivity contribution in [2.24, 2.45) is 10.9 Å². The van der Waals surface area contributed by atoms with Crippen molar-refractivity contribution in [2.75, 3.05) is 0 Å². The van der Waals surface area contributed by atoms with E-state index in [4.69, 9.17) is 22.2 Å². The average molecular weight is 405 g/mol. The van der Waals surface area contributed by atoms with Crippen LogP contribution in [0.3, 0.4) is 0 Å². The molecule has 0 heterocycles. The Kier molecular flexibility index (Phi) is 6.55. The molecule has 0 unspecified atom stereocenters. The number of nitrogens with two attached hydrogens (primary N) is 1. The molecule has 0 amide bonds. The number of rotatable bonds is 6. The minimum atomic E-state index is -0.586. The van der Waals surface area contributed by atoms with Crippen molar-refractivity contribution in [3.63, 3.8) is 0 Å². The van der Waals surface area contributed by atoms with Crippen LogP contribution in [0.4, 0.5) is 0 Å². The Morgan fingerprint density at radius 2 is 1.55 bits per heavy atom. The number of esters is 1. The molecule has 3 aromatic carbocycles. The van der Waals surface area contributed by atoms with E-state index < -0.39 is 11.8 Å². The van der Waals surface area contributed by atoms with Crippen LogP contribution in [0, 0.1) is 0 Å². The van der Waals surface area contributed by atoms with Crippen LogP contribution in [0.2, 0.25) is 5.02 Å². The van der Waals surface area contributed by atoms with Crippen LogP contribution in [0.15, 0.2) is 90.0 Å². The Hall–Kier alpha value is -3.70. The first-order valence-electron chi connectivity index (χ1n) is 8.71. The summed E-state index contributed by atoms with van der Waals surface area (Å²) in [6.45, 7) is 0. The molecule has 3 aromatic rings. The van der Waals surface area contributed by atoms with Gasteiger partial charge in [-0.25, -0.2) is 4.79 Å². The van der Waals surface area contributed by atoms with E-state index in [9.17, 15) is 9.59 Å². The zero-order chi connectivity index (χ0) is 20.6. The average Bonchev–Trinajstić information content (AvgIpc) is 2.75. The monoisotopic (exact) mass is 404 g/mol. The van der Waals surface area contributed by atoms with Crippen LogP contribution in [0.1, 0.15) is 21.5 Å². The molecule has 0 aliphatic carbocycles. The van der Waals surface area contributed by atoms with Gasteiger partial charge in [0.25, 0.3) is 0 Å². The molecule has 5 nitrogen and oxygen atoms in total. The zero-order valence-electron chi connectivity index (χ0n) is 15.3. The third kappa shape index (κ3) is 5.18. The van der Waals surface area contributed by atoms with E-state index in [2.05, 4.69) is 5.10 Å². The number of carbonyl (C=O) groups excluding carboxylic acids is 2. The number of ketones is 1. The summed E-state index contributed by atoms with van der Waals surface area (Å²) in [6, 6.07) is 22.3. The summed E-state index contributed by atoms with van der Waals surface area (Å²) >= 11 is 5.87. The Bertz CT molecular complexity index is 1070. The summed E-state index contributed by atoms with van der Waals surface area (Å²) in [7, 11) is 0. The van der Waals surface area contributed by atoms with Crippen molar-refractivity contribution in [2.45, 2.75) is 0 Å². The number of hydrogen-bond acceptors (Lipinski definition) is 5. The highest BCUT2D eigenvalue weighted by Gasteiger charge is 2.20. The minimum Gasteiger partial charge on any atom is -0.423 e. The predicted molar refractivity (Wildman–Crippen MR) is 114 cm³/mol. The van der Waals surface area contributed by atoms with Gasteiger partial charge in [-0.2, -0.15) is 5.10 Å². The fourth-order valence-electron chi connectivity index (χ4n) is 2.61. The third-order valence-corrected chi connectivity index (χ3v) is 4.27. The summed E-state index contributed by atoms with van der Waals surface area (Å²) in [5, 5.41) is 4.15. The fraction of sp³-hybridized carbons (Fsp3) is 0. The lowest BCUT2D eigenvalue weighted by Gasteiger charge is -2.10. The van der Waals surface area contributed by atoms with Crippen LogP contribution in [0.5, 0.6) is 5.75 Å². The molecule has 0 aliphatic rings. The van der Waals surface area contributed by atoms with Gasteiger partial charge in [0.05, 0.1) is 0 Å². The number of para-hydroxylation sites is 1. The smallest absolute Gasteiger partial charge is 0.336 e. The van der Waals surface area contributed by atoms with Gasteiger partial charge in [0.15, 0.2) is 0 Å². The lowest BCUT2D eigenvalue weighted by molar-refractivity contribution is -0.128. The first kappa shape index (κ1) is 20.0. The number of benzene rings is 3. The first-order chi connectivity index (χ1) is 14.1. The molecule has 0 aromatic heterocycles. The highest BCUT2D eigenvalue weighted by molar-refractivity contribution is 6.52. The molecule has 0 fully saturated rings. The molecule has 29 heavy (non-hydrogen) atoms. The van der Waals surface area contributed by atoms with Crippen molar-refractivity contribution in [1.29, 1.82) is 0 Å². The second-order valence-electron chi connectivity index (χ2n) is 5.97. The number of carbonyl (C=O) groups is 2. The second-order valence-corrected chi connectivity index (χ2v) is 6.41. The molecule has 0 aliphatic heterocycles. The summed E-state index contributed by atoms with van der Waals surface area (Å²) in [6.07, 6.45) is 2.95. The van der Waals surface area contributed by atoms with Gasteiger partial charge >= 0.3 is 5.97 Å². The van der Waals surface area contributed by atoms with Gasteiger partial charge < -0.3 is 10.6 Å². The van der Waals surface area contributed by atoms with Gasteiger partial charge in [-0.1, -0.05) is 54.1 Å². The summed E-state index contributed by atoms with van der Waals surface area (Å²) in [4.78, 5) is 25.1. The molecule has 0 bridgehead atoms.